The van der Waals surface area contributed by atoms with Crippen molar-refractivity contribution in [3.63, 3.8) is 0 Å². The number of aromatic nitrogens is 4. The maximum Gasteiger partial charge on any atom is 0.255 e. The summed E-state index contributed by atoms with van der Waals surface area (Å²) in [5.41, 5.74) is 1.72. The van der Waals surface area contributed by atoms with Crippen LogP contribution in [0.15, 0.2) is 48.5 Å². The molecule has 2 aromatic heterocycles. The molecule has 0 saturated carbocycles. The zero-order valence-corrected chi connectivity index (χ0v) is 13.9. The molecule has 0 radical (unpaired) electrons. The molecule has 0 aliphatic heterocycles. The Morgan fingerprint density at radius 2 is 2.00 bits per heavy atom. The summed E-state index contributed by atoms with van der Waals surface area (Å²) in [6.45, 7) is 1.83. The Balaban J connectivity index is 1.61. The molecule has 2 heterocycles. The highest BCUT2D eigenvalue weighted by molar-refractivity contribution is 7.19. The summed E-state index contributed by atoms with van der Waals surface area (Å²) in [5, 5.41) is 16.0. The van der Waals surface area contributed by atoms with E-state index in [2.05, 4.69) is 20.6 Å². The third-order valence-corrected chi connectivity index (χ3v) is 4.55. The number of halogens is 1. The van der Waals surface area contributed by atoms with Gasteiger partial charge in [0.05, 0.1) is 0 Å². The van der Waals surface area contributed by atoms with Gasteiger partial charge in [-0.3, -0.25) is 4.79 Å². The van der Waals surface area contributed by atoms with Gasteiger partial charge in [-0.25, -0.2) is 4.39 Å². The van der Waals surface area contributed by atoms with E-state index < -0.39 is 5.82 Å². The number of nitrogens with zero attached hydrogens (tertiary/aromatic N) is 4. The standard InChI is InChI=1S/C17H12FN5OS/c1-10-20-21-17-23(10)22-16(25-17)12-5-3-7-14(9-12)19-15(24)11-4-2-6-13(18)8-11/h2-9H,1H3,(H,19,24). The van der Waals surface area contributed by atoms with Gasteiger partial charge in [0.25, 0.3) is 5.91 Å². The Morgan fingerprint density at radius 1 is 1.16 bits per heavy atom. The van der Waals surface area contributed by atoms with Crippen molar-refractivity contribution in [3.8, 4) is 10.6 Å². The van der Waals surface area contributed by atoms with Crippen molar-refractivity contribution in [3.05, 3.63) is 65.7 Å². The fourth-order valence-electron chi connectivity index (χ4n) is 2.39. The summed E-state index contributed by atoms with van der Waals surface area (Å²) in [4.78, 5) is 13.0. The second-order valence-corrected chi connectivity index (χ2v) is 6.35. The maximum atomic E-state index is 13.3. The second kappa shape index (κ2) is 6.06. The molecule has 0 aliphatic rings. The van der Waals surface area contributed by atoms with E-state index in [0.717, 1.165) is 10.6 Å². The lowest BCUT2D eigenvalue weighted by Crippen LogP contribution is -2.12. The number of nitrogens with one attached hydrogen (secondary N) is 1. The monoisotopic (exact) mass is 353 g/mol. The molecule has 0 saturated heterocycles. The van der Waals surface area contributed by atoms with E-state index in [4.69, 9.17) is 0 Å². The number of fused-ring (bicyclic) bond motifs is 1. The topological polar surface area (TPSA) is 72.2 Å². The van der Waals surface area contributed by atoms with Gasteiger partial charge in [0.2, 0.25) is 4.96 Å². The van der Waals surface area contributed by atoms with Crippen molar-refractivity contribution in [2.45, 2.75) is 6.92 Å². The highest BCUT2D eigenvalue weighted by atomic mass is 32.1. The van der Waals surface area contributed by atoms with E-state index in [1.165, 1.54) is 29.5 Å². The Kier molecular flexibility index (Phi) is 3.73. The molecule has 0 fully saturated rings. The van der Waals surface area contributed by atoms with Crippen molar-refractivity contribution in [2.24, 2.45) is 0 Å². The summed E-state index contributed by atoms with van der Waals surface area (Å²) < 4.78 is 14.9. The number of hydrogen-bond acceptors (Lipinski definition) is 5. The number of amides is 1. The van der Waals surface area contributed by atoms with Gasteiger partial charge < -0.3 is 5.32 Å². The first-order valence-electron chi connectivity index (χ1n) is 7.46. The zero-order valence-electron chi connectivity index (χ0n) is 13.1. The number of benzene rings is 2. The van der Waals surface area contributed by atoms with E-state index in [1.54, 1.807) is 16.6 Å². The normalized spacial score (nSPS) is 11.0. The molecule has 0 bridgehead atoms. The second-order valence-electron chi connectivity index (χ2n) is 5.39. The van der Waals surface area contributed by atoms with Crippen molar-refractivity contribution < 1.29 is 9.18 Å². The van der Waals surface area contributed by atoms with Crippen LogP contribution in [0.3, 0.4) is 0 Å². The summed E-state index contributed by atoms with van der Waals surface area (Å²) in [6, 6.07) is 12.9. The number of rotatable bonds is 3. The molecule has 1 amide bonds. The lowest BCUT2D eigenvalue weighted by Gasteiger charge is -2.06. The number of aryl methyl sites for hydroxylation is 1. The van der Waals surface area contributed by atoms with Crippen LogP contribution in [-0.4, -0.2) is 25.7 Å². The van der Waals surface area contributed by atoms with Crippen LogP contribution in [0.25, 0.3) is 15.5 Å². The zero-order chi connectivity index (χ0) is 17.4. The Bertz CT molecular complexity index is 1090. The van der Waals surface area contributed by atoms with Gasteiger partial charge in [0.15, 0.2) is 5.82 Å². The lowest BCUT2D eigenvalue weighted by molar-refractivity contribution is 0.102. The summed E-state index contributed by atoms with van der Waals surface area (Å²) >= 11 is 1.41. The summed E-state index contributed by atoms with van der Waals surface area (Å²) in [5.74, 6) is -0.102. The van der Waals surface area contributed by atoms with Gasteiger partial charge >= 0.3 is 0 Å². The molecule has 25 heavy (non-hydrogen) atoms. The Hall–Kier alpha value is -3.13. The fourth-order valence-corrected chi connectivity index (χ4v) is 3.28. The third kappa shape index (κ3) is 2.99. The summed E-state index contributed by atoms with van der Waals surface area (Å²) in [6.07, 6.45) is 0. The lowest BCUT2D eigenvalue weighted by atomic mass is 10.2. The van der Waals surface area contributed by atoms with E-state index in [9.17, 15) is 9.18 Å². The number of carbonyl (C=O) groups excluding carboxylic acids is 1. The minimum atomic E-state index is -0.448. The predicted octanol–water partition coefficient (Wildman–Crippen LogP) is 3.55. The highest BCUT2D eigenvalue weighted by Crippen LogP contribution is 2.27. The van der Waals surface area contributed by atoms with Crippen molar-refractivity contribution in [1.29, 1.82) is 0 Å². The predicted molar refractivity (Wildman–Crippen MR) is 93.2 cm³/mol. The van der Waals surface area contributed by atoms with Crippen molar-refractivity contribution >= 4 is 27.9 Å². The van der Waals surface area contributed by atoms with Crippen LogP contribution in [0, 0.1) is 12.7 Å². The SMILES string of the molecule is Cc1nnc2sc(-c3cccc(NC(=O)c4cccc(F)c4)c3)nn12. The first-order chi connectivity index (χ1) is 12.1. The van der Waals surface area contributed by atoms with Crippen LogP contribution in [0.1, 0.15) is 16.2 Å². The third-order valence-electron chi connectivity index (χ3n) is 3.60. The molecule has 4 aromatic rings. The van der Waals surface area contributed by atoms with Gasteiger partial charge in [-0.15, -0.1) is 10.2 Å². The molecule has 0 unspecified atom stereocenters. The quantitative estimate of drug-likeness (QED) is 0.611. The molecule has 4 rings (SSSR count). The van der Waals surface area contributed by atoms with Crippen LogP contribution in [0.5, 0.6) is 0 Å². The summed E-state index contributed by atoms with van der Waals surface area (Å²) in [7, 11) is 0. The van der Waals surface area contributed by atoms with Crippen LogP contribution < -0.4 is 5.32 Å². The maximum absolute atomic E-state index is 13.3. The van der Waals surface area contributed by atoms with E-state index in [-0.39, 0.29) is 11.5 Å². The molecule has 0 spiro atoms. The van der Waals surface area contributed by atoms with Crippen LogP contribution in [-0.2, 0) is 0 Å². The molecule has 0 aliphatic carbocycles. The molecule has 124 valence electrons. The largest absolute Gasteiger partial charge is 0.322 e. The number of hydrogen-bond donors (Lipinski definition) is 1. The van der Waals surface area contributed by atoms with E-state index >= 15 is 0 Å². The number of carbonyl (C=O) groups is 1. The molecule has 6 nitrogen and oxygen atoms in total. The molecular formula is C17H12FN5OS. The van der Waals surface area contributed by atoms with Gasteiger partial charge in [-0.05, 0) is 37.3 Å². The first kappa shape index (κ1) is 15.4. The van der Waals surface area contributed by atoms with Crippen LogP contribution in [0.4, 0.5) is 10.1 Å². The van der Waals surface area contributed by atoms with Gasteiger partial charge in [-0.2, -0.15) is 9.61 Å². The van der Waals surface area contributed by atoms with Gasteiger partial charge in [0, 0.05) is 16.8 Å². The average Bonchev–Trinajstić information content (AvgIpc) is 3.17. The average molecular weight is 353 g/mol. The minimum Gasteiger partial charge on any atom is -0.322 e. The van der Waals surface area contributed by atoms with Crippen molar-refractivity contribution in [1.82, 2.24) is 19.8 Å². The van der Waals surface area contributed by atoms with Crippen molar-refractivity contribution in [2.75, 3.05) is 5.32 Å². The first-order valence-corrected chi connectivity index (χ1v) is 8.28. The van der Waals surface area contributed by atoms with E-state index in [0.29, 0.717) is 16.5 Å². The van der Waals surface area contributed by atoms with Gasteiger partial charge in [-0.1, -0.05) is 29.5 Å². The van der Waals surface area contributed by atoms with Gasteiger partial charge in [0.1, 0.15) is 10.8 Å². The molecule has 1 N–H and O–H groups in total. The Labute approximate surface area is 146 Å². The molecule has 0 atom stereocenters. The molecular weight excluding hydrogens is 341 g/mol. The van der Waals surface area contributed by atoms with Crippen LogP contribution >= 0.6 is 11.3 Å². The van der Waals surface area contributed by atoms with Crippen LogP contribution in [0.2, 0.25) is 0 Å². The molecule has 8 heteroatoms. The Morgan fingerprint density at radius 3 is 2.80 bits per heavy atom. The molecule has 2 aromatic carbocycles. The van der Waals surface area contributed by atoms with E-state index in [1.807, 2.05) is 25.1 Å². The highest BCUT2D eigenvalue weighted by Gasteiger charge is 2.12. The minimum absolute atomic E-state index is 0.264. The number of anilines is 1. The fraction of sp³-hybridized carbons (Fsp3) is 0.0588. The smallest absolute Gasteiger partial charge is 0.255 e.